The van der Waals surface area contributed by atoms with Gasteiger partial charge in [0.2, 0.25) is 0 Å². The van der Waals surface area contributed by atoms with Crippen molar-refractivity contribution in [2.75, 3.05) is 20.3 Å². The van der Waals surface area contributed by atoms with Crippen LogP contribution in [0, 0.1) is 0 Å². The predicted octanol–water partition coefficient (Wildman–Crippen LogP) is -0.291. The number of aliphatic hydroxyl groups excluding tert-OH is 1. The van der Waals surface area contributed by atoms with Crippen molar-refractivity contribution in [3.05, 3.63) is 17.5 Å². The number of hydrogen-bond acceptors (Lipinski definition) is 4. The summed E-state index contributed by atoms with van der Waals surface area (Å²) in [6.07, 6.45) is 0.102. The van der Waals surface area contributed by atoms with Crippen molar-refractivity contribution in [3.63, 3.8) is 0 Å². The molecule has 1 heterocycles. The maximum Gasteiger partial charge on any atom is 0.271 e. The number of aromatic amines is 1. The summed E-state index contributed by atoms with van der Waals surface area (Å²) in [7, 11) is 1.49. The molecule has 0 aliphatic carbocycles. The molecule has 1 rings (SSSR count). The zero-order chi connectivity index (χ0) is 12.0. The van der Waals surface area contributed by atoms with Gasteiger partial charge in [0.05, 0.1) is 12.7 Å². The maximum atomic E-state index is 11.5. The van der Waals surface area contributed by atoms with Crippen molar-refractivity contribution in [2.45, 2.75) is 19.4 Å². The predicted molar refractivity (Wildman–Crippen MR) is 58.2 cm³/mol. The molecule has 1 aromatic heterocycles. The van der Waals surface area contributed by atoms with Crippen LogP contribution in [-0.4, -0.2) is 47.6 Å². The Labute approximate surface area is 94.0 Å². The van der Waals surface area contributed by atoms with Gasteiger partial charge in [0, 0.05) is 19.3 Å². The van der Waals surface area contributed by atoms with Gasteiger partial charge in [-0.1, -0.05) is 6.92 Å². The van der Waals surface area contributed by atoms with Crippen LogP contribution in [0.4, 0.5) is 0 Å². The fourth-order valence-electron chi connectivity index (χ4n) is 1.21. The van der Waals surface area contributed by atoms with E-state index in [0.717, 1.165) is 12.1 Å². The van der Waals surface area contributed by atoms with Gasteiger partial charge in [-0.2, -0.15) is 5.10 Å². The number of amides is 1. The van der Waals surface area contributed by atoms with E-state index in [2.05, 4.69) is 15.5 Å². The van der Waals surface area contributed by atoms with Crippen molar-refractivity contribution in [1.29, 1.82) is 0 Å². The first-order chi connectivity index (χ1) is 7.67. The van der Waals surface area contributed by atoms with Crippen LogP contribution in [0.2, 0.25) is 0 Å². The van der Waals surface area contributed by atoms with E-state index >= 15 is 0 Å². The number of carbonyl (C=O) groups excluding carboxylic acids is 1. The molecule has 0 fully saturated rings. The van der Waals surface area contributed by atoms with Crippen LogP contribution in [0.25, 0.3) is 0 Å². The van der Waals surface area contributed by atoms with Crippen molar-refractivity contribution in [3.8, 4) is 0 Å². The topological polar surface area (TPSA) is 87.2 Å². The molecule has 0 aliphatic heterocycles. The Morgan fingerprint density at radius 3 is 3.06 bits per heavy atom. The van der Waals surface area contributed by atoms with Crippen molar-refractivity contribution < 1.29 is 14.6 Å². The van der Waals surface area contributed by atoms with E-state index in [9.17, 15) is 9.90 Å². The minimum absolute atomic E-state index is 0.154. The molecule has 0 saturated carbocycles. The first kappa shape index (κ1) is 12.7. The average molecular weight is 227 g/mol. The van der Waals surface area contributed by atoms with Gasteiger partial charge in [-0.3, -0.25) is 9.89 Å². The highest BCUT2D eigenvalue weighted by molar-refractivity contribution is 5.92. The van der Waals surface area contributed by atoms with Crippen LogP contribution in [-0.2, 0) is 11.2 Å². The number of aryl methyl sites for hydroxylation is 1. The molecular weight excluding hydrogens is 210 g/mol. The lowest BCUT2D eigenvalue weighted by atomic mass is 10.3. The summed E-state index contributed by atoms with van der Waals surface area (Å²) < 4.78 is 4.74. The zero-order valence-electron chi connectivity index (χ0n) is 9.49. The summed E-state index contributed by atoms with van der Waals surface area (Å²) in [6.45, 7) is 2.32. The SMILES string of the molecule is CCc1cc(C(=O)NCC(O)COC)n[nH]1. The molecular formula is C10H17N3O3. The lowest BCUT2D eigenvalue weighted by Gasteiger charge is -2.09. The second-order valence-electron chi connectivity index (χ2n) is 3.45. The largest absolute Gasteiger partial charge is 0.389 e. The van der Waals surface area contributed by atoms with Crippen molar-refractivity contribution >= 4 is 5.91 Å². The smallest absolute Gasteiger partial charge is 0.271 e. The number of aliphatic hydroxyl groups is 1. The Kier molecular flexibility index (Phi) is 4.94. The monoisotopic (exact) mass is 227 g/mol. The van der Waals surface area contributed by atoms with Crippen LogP contribution in [0.15, 0.2) is 6.07 Å². The maximum absolute atomic E-state index is 11.5. The number of aromatic nitrogens is 2. The molecule has 0 spiro atoms. The zero-order valence-corrected chi connectivity index (χ0v) is 9.49. The van der Waals surface area contributed by atoms with Crippen molar-refractivity contribution in [1.82, 2.24) is 15.5 Å². The van der Waals surface area contributed by atoms with E-state index < -0.39 is 6.10 Å². The van der Waals surface area contributed by atoms with Crippen LogP contribution in [0.1, 0.15) is 23.1 Å². The summed E-state index contributed by atoms with van der Waals surface area (Å²) in [6, 6.07) is 1.69. The van der Waals surface area contributed by atoms with Gasteiger partial charge >= 0.3 is 0 Å². The number of H-pyrrole nitrogens is 1. The van der Waals surface area contributed by atoms with Gasteiger partial charge in [-0.25, -0.2) is 0 Å². The minimum Gasteiger partial charge on any atom is -0.389 e. The Bertz CT molecular complexity index is 338. The molecule has 90 valence electrons. The quantitative estimate of drug-likeness (QED) is 0.623. The Hall–Kier alpha value is -1.40. The normalized spacial score (nSPS) is 12.4. The second kappa shape index (κ2) is 6.24. The Morgan fingerprint density at radius 2 is 2.50 bits per heavy atom. The Balaban J connectivity index is 2.40. The van der Waals surface area contributed by atoms with Crippen LogP contribution >= 0.6 is 0 Å². The first-order valence-corrected chi connectivity index (χ1v) is 5.16. The lowest BCUT2D eigenvalue weighted by molar-refractivity contribution is 0.0608. The third-order valence-corrected chi connectivity index (χ3v) is 2.10. The first-order valence-electron chi connectivity index (χ1n) is 5.16. The highest BCUT2D eigenvalue weighted by Gasteiger charge is 2.11. The molecule has 1 unspecified atom stereocenters. The van der Waals surface area contributed by atoms with Gasteiger partial charge in [0.25, 0.3) is 5.91 Å². The lowest BCUT2D eigenvalue weighted by Crippen LogP contribution is -2.34. The fraction of sp³-hybridized carbons (Fsp3) is 0.600. The molecule has 0 bridgehead atoms. The van der Waals surface area contributed by atoms with E-state index in [1.165, 1.54) is 7.11 Å². The molecule has 0 saturated heterocycles. The van der Waals surface area contributed by atoms with E-state index in [1.54, 1.807) is 6.07 Å². The van der Waals surface area contributed by atoms with Gasteiger partial charge in [0.1, 0.15) is 5.69 Å². The van der Waals surface area contributed by atoms with Crippen LogP contribution in [0.5, 0.6) is 0 Å². The third kappa shape index (κ3) is 3.63. The number of rotatable bonds is 6. The summed E-state index contributed by atoms with van der Waals surface area (Å²) in [5, 5.41) is 18.5. The van der Waals surface area contributed by atoms with E-state index in [-0.39, 0.29) is 19.1 Å². The summed E-state index contributed by atoms with van der Waals surface area (Å²) >= 11 is 0. The van der Waals surface area contributed by atoms with Crippen LogP contribution < -0.4 is 5.32 Å². The number of methoxy groups -OCH3 is 1. The third-order valence-electron chi connectivity index (χ3n) is 2.10. The fourth-order valence-corrected chi connectivity index (χ4v) is 1.21. The van der Waals surface area contributed by atoms with Gasteiger partial charge in [0.15, 0.2) is 0 Å². The van der Waals surface area contributed by atoms with E-state index in [0.29, 0.717) is 5.69 Å². The van der Waals surface area contributed by atoms with Gasteiger partial charge < -0.3 is 15.2 Å². The van der Waals surface area contributed by atoms with Crippen LogP contribution in [0.3, 0.4) is 0 Å². The number of hydrogen-bond donors (Lipinski definition) is 3. The van der Waals surface area contributed by atoms with E-state index in [1.807, 2.05) is 6.92 Å². The Morgan fingerprint density at radius 1 is 1.75 bits per heavy atom. The van der Waals surface area contributed by atoms with Gasteiger partial charge in [-0.05, 0) is 12.5 Å². The number of carbonyl (C=O) groups is 1. The molecule has 6 heteroatoms. The number of nitrogens with zero attached hydrogens (tertiary/aromatic N) is 1. The van der Waals surface area contributed by atoms with Crippen molar-refractivity contribution in [2.24, 2.45) is 0 Å². The molecule has 0 aromatic carbocycles. The second-order valence-corrected chi connectivity index (χ2v) is 3.45. The average Bonchev–Trinajstić information content (AvgIpc) is 2.75. The molecule has 3 N–H and O–H groups in total. The number of ether oxygens (including phenoxy) is 1. The minimum atomic E-state index is -0.696. The summed E-state index contributed by atoms with van der Waals surface area (Å²) in [5.74, 6) is -0.300. The highest BCUT2D eigenvalue weighted by Crippen LogP contribution is 1.99. The number of nitrogens with one attached hydrogen (secondary N) is 2. The molecule has 0 aliphatic rings. The standard InChI is InChI=1S/C10H17N3O3/c1-3-7-4-9(13-12-7)10(15)11-5-8(14)6-16-2/h4,8,14H,3,5-6H2,1-2H3,(H,11,15)(H,12,13). The molecule has 1 amide bonds. The summed E-state index contributed by atoms with van der Waals surface area (Å²) in [5.41, 5.74) is 1.24. The molecule has 1 atom stereocenters. The molecule has 1 aromatic rings. The molecule has 16 heavy (non-hydrogen) atoms. The highest BCUT2D eigenvalue weighted by atomic mass is 16.5. The van der Waals surface area contributed by atoms with Gasteiger partial charge in [-0.15, -0.1) is 0 Å². The molecule has 0 radical (unpaired) electrons. The molecule has 6 nitrogen and oxygen atoms in total. The summed E-state index contributed by atoms with van der Waals surface area (Å²) in [4.78, 5) is 11.5. The van der Waals surface area contributed by atoms with E-state index in [4.69, 9.17) is 4.74 Å².